The van der Waals surface area contributed by atoms with Crippen LogP contribution in [0.1, 0.15) is 19.4 Å². The zero-order valence-corrected chi connectivity index (χ0v) is 9.20. The molecule has 2 unspecified atom stereocenters. The molecule has 1 aromatic carbocycles. The molecule has 1 aromatic rings. The Morgan fingerprint density at radius 3 is 2.40 bits per heavy atom. The van der Waals surface area contributed by atoms with E-state index in [0.717, 1.165) is 5.56 Å². The molecule has 0 radical (unpaired) electrons. The third kappa shape index (κ3) is 3.98. The van der Waals surface area contributed by atoms with E-state index in [1.807, 2.05) is 13.8 Å². The van der Waals surface area contributed by atoms with E-state index >= 15 is 0 Å². The van der Waals surface area contributed by atoms with Crippen molar-refractivity contribution < 1.29 is 9.50 Å². The molecule has 0 saturated carbocycles. The Morgan fingerprint density at radius 2 is 1.87 bits per heavy atom. The molecule has 0 saturated heterocycles. The molecule has 0 heterocycles. The molecule has 0 aliphatic carbocycles. The van der Waals surface area contributed by atoms with Crippen molar-refractivity contribution >= 4 is 0 Å². The van der Waals surface area contributed by atoms with E-state index in [9.17, 15) is 4.39 Å². The number of rotatable bonds is 5. The summed E-state index contributed by atoms with van der Waals surface area (Å²) in [5.41, 5.74) is 1.05. The third-order valence-electron chi connectivity index (χ3n) is 2.68. The van der Waals surface area contributed by atoms with Crippen LogP contribution < -0.4 is 5.32 Å². The van der Waals surface area contributed by atoms with Gasteiger partial charge in [0, 0.05) is 19.2 Å². The van der Waals surface area contributed by atoms with Gasteiger partial charge in [-0.15, -0.1) is 0 Å². The van der Waals surface area contributed by atoms with E-state index in [2.05, 4.69) is 5.32 Å². The fourth-order valence-electron chi connectivity index (χ4n) is 1.24. The van der Waals surface area contributed by atoms with E-state index in [1.165, 1.54) is 12.1 Å². The third-order valence-corrected chi connectivity index (χ3v) is 2.68. The van der Waals surface area contributed by atoms with E-state index in [4.69, 9.17) is 5.11 Å². The van der Waals surface area contributed by atoms with Gasteiger partial charge < -0.3 is 10.4 Å². The van der Waals surface area contributed by atoms with Gasteiger partial charge in [-0.25, -0.2) is 4.39 Å². The summed E-state index contributed by atoms with van der Waals surface area (Å²) in [6.07, 6.45) is 0. The van der Waals surface area contributed by atoms with Gasteiger partial charge in [-0.1, -0.05) is 19.1 Å². The molecule has 0 aliphatic heterocycles. The summed E-state index contributed by atoms with van der Waals surface area (Å²) in [5, 5.41) is 12.2. The average molecular weight is 211 g/mol. The van der Waals surface area contributed by atoms with Crippen molar-refractivity contribution in [1.29, 1.82) is 0 Å². The van der Waals surface area contributed by atoms with Gasteiger partial charge in [0.25, 0.3) is 0 Å². The summed E-state index contributed by atoms with van der Waals surface area (Å²) in [7, 11) is 0. The minimum absolute atomic E-state index is 0.178. The summed E-state index contributed by atoms with van der Waals surface area (Å²) in [6.45, 7) is 4.90. The van der Waals surface area contributed by atoms with Crippen LogP contribution in [0.2, 0.25) is 0 Å². The van der Waals surface area contributed by atoms with Crippen LogP contribution in [0.15, 0.2) is 24.3 Å². The Balaban J connectivity index is 2.40. The molecule has 0 amide bonds. The number of nitrogens with one attached hydrogen (secondary N) is 1. The highest BCUT2D eigenvalue weighted by Crippen LogP contribution is 2.05. The maximum absolute atomic E-state index is 12.6. The fraction of sp³-hybridized carbons (Fsp3) is 0.500. The van der Waals surface area contributed by atoms with Crippen molar-refractivity contribution in [2.24, 2.45) is 5.92 Å². The van der Waals surface area contributed by atoms with E-state index in [0.29, 0.717) is 6.54 Å². The van der Waals surface area contributed by atoms with Gasteiger partial charge in [-0.2, -0.15) is 0 Å². The molecule has 15 heavy (non-hydrogen) atoms. The molecule has 1 rings (SSSR count). The maximum atomic E-state index is 12.6. The average Bonchev–Trinajstić information content (AvgIpc) is 2.26. The van der Waals surface area contributed by atoms with Crippen LogP contribution in [0, 0.1) is 11.7 Å². The molecular weight excluding hydrogens is 193 g/mol. The van der Waals surface area contributed by atoms with Gasteiger partial charge in [-0.05, 0) is 30.5 Å². The highest BCUT2D eigenvalue weighted by atomic mass is 19.1. The Bertz CT molecular complexity index is 286. The van der Waals surface area contributed by atoms with Crippen LogP contribution >= 0.6 is 0 Å². The van der Waals surface area contributed by atoms with Crippen molar-refractivity contribution in [3.8, 4) is 0 Å². The number of halogens is 1. The highest BCUT2D eigenvalue weighted by molar-refractivity contribution is 5.15. The quantitative estimate of drug-likeness (QED) is 0.780. The predicted molar refractivity (Wildman–Crippen MR) is 59.0 cm³/mol. The Labute approximate surface area is 90.1 Å². The van der Waals surface area contributed by atoms with Crippen LogP contribution in [0.3, 0.4) is 0 Å². The molecule has 2 nitrogen and oxygen atoms in total. The van der Waals surface area contributed by atoms with Crippen molar-refractivity contribution in [2.45, 2.75) is 26.4 Å². The molecule has 0 aliphatic rings. The van der Waals surface area contributed by atoms with E-state index in [-0.39, 0.29) is 24.4 Å². The minimum atomic E-state index is -0.212. The summed E-state index contributed by atoms with van der Waals surface area (Å²) in [6, 6.07) is 6.69. The number of benzene rings is 1. The van der Waals surface area contributed by atoms with Gasteiger partial charge in [0.1, 0.15) is 5.82 Å². The van der Waals surface area contributed by atoms with Gasteiger partial charge in [0.05, 0.1) is 0 Å². The first-order valence-electron chi connectivity index (χ1n) is 5.22. The van der Waals surface area contributed by atoms with E-state index < -0.39 is 0 Å². The zero-order valence-electron chi connectivity index (χ0n) is 9.20. The molecule has 3 heteroatoms. The Hall–Kier alpha value is -0.930. The standard InChI is InChI=1S/C12H18FNO/c1-9(8-15)10(2)14-7-11-3-5-12(13)6-4-11/h3-6,9-10,14-15H,7-8H2,1-2H3. The van der Waals surface area contributed by atoms with E-state index in [1.54, 1.807) is 12.1 Å². The predicted octanol–water partition coefficient (Wildman–Crippen LogP) is 1.93. The van der Waals surface area contributed by atoms with Crippen molar-refractivity contribution in [3.05, 3.63) is 35.6 Å². The number of aliphatic hydroxyl groups excluding tert-OH is 1. The molecule has 84 valence electrons. The summed E-state index contributed by atoms with van der Waals surface area (Å²) < 4.78 is 12.6. The van der Waals surface area contributed by atoms with Gasteiger partial charge in [0.2, 0.25) is 0 Å². The summed E-state index contributed by atoms with van der Waals surface area (Å²) in [5.74, 6) is 0.0148. The largest absolute Gasteiger partial charge is 0.396 e. The highest BCUT2D eigenvalue weighted by Gasteiger charge is 2.09. The topological polar surface area (TPSA) is 32.3 Å². The first-order chi connectivity index (χ1) is 7.13. The lowest BCUT2D eigenvalue weighted by Gasteiger charge is -2.19. The summed E-state index contributed by atoms with van der Waals surface area (Å²) in [4.78, 5) is 0. The Morgan fingerprint density at radius 1 is 1.27 bits per heavy atom. The Kier molecular flexibility index (Phi) is 4.72. The lowest BCUT2D eigenvalue weighted by Crippen LogP contribution is -2.33. The second-order valence-corrected chi connectivity index (χ2v) is 3.96. The van der Waals surface area contributed by atoms with Crippen LogP contribution in [-0.2, 0) is 6.54 Å². The second kappa shape index (κ2) is 5.83. The smallest absolute Gasteiger partial charge is 0.123 e. The first-order valence-corrected chi connectivity index (χ1v) is 5.22. The molecule has 2 N–H and O–H groups in total. The fourth-order valence-corrected chi connectivity index (χ4v) is 1.24. The lowest BCUT2D eigenvalue weighted by molar-refractivity contribution is 0.207. The molecule has 0 spiro atoms. The molecule has 0 aromatic heterocycles. The summed E-state index contributed by atoms with van der Waals surface area (Å²) >= 11 is 0. The van der Waals surface area contributed by atoms with Gasteiger partial charge in [-0.3, -0.25) is 0 Å². The molecule has 2 atom stereocenters. The lowest BCUT2D eigenvalue weighted by atomic mass is 10.0. The van der Waals surface area contributed by atoms with Gasteiger partial charge in [0.15, 0.2) is 0 Å². The van der Waals surface area contributed by atoms with Crippen LogP contribution in [-0.4, -0.2) is 17.8 Å². The van der Waals surface area contributed by atoms with Crippen LogP contribution in [0.5, 0.6) is 0 Å². The number of hydrogen-bond acceptors (Lipinski definition) is 2. The van der Waals surface area contributed by atoms with Crippen LogP contribution in [0.25, 0.3) is 0 Å². The maximum Gasteiger partial charge on any atom is 0.123 e. The number of aliphatic hydroxyl groups is 1. The van der Waals surface area contributed by atoms with Crippen molar-refractivity contribution in [1.82, 2.24) is 5.32 Å². The van der Waals surface area contributed by atoms with Crippen molar-refractivity contribution in [2.75, 3.05) is 6.61 Å². The molecule has 0 bridgehead atoms. The van der Waals surface area contributed by atoms with Gasteiger partial charge >= 0.3 is 0 Å². The molecule has 0 fully saturated rings. The SMILES string of the molecule is CC(CO)C(C)NCc1ccc(F)cc1. The zero-order chi connectivity index (χ0) is 11.3. The second-order valence-electron chi connectivity index (χ2n) is 3.96. The number of hydrogen-bond donors (Lipinski definition) is 2. The first kappa shape index (κ1) is 12.1. The van der Waals surface area contributed by atoms with Crippen molar-refractivity contribution in [3.63, 3.8) is 0 Å². The van der Waals surface area contributed by atoms with Crippen LogP contribution in [0.4, 0.5) is 4.39 Å². The minimum Gasteiger partial charge on any atom is -0.396 e. The monoisotopic (exact) mass is 211 g/mol. The normalized spacial score (nSPS) is 14.9. The molecular formula is C12H18FNO.